The average molecular weight is 434 g/mol. The van der Waals surface area contributed by atoms with Gasteiger partial charge < -0.3 is 29.7 Å². The number of benzene rings is 2. The van der Waals surface area contributed by atoms with Crippen LogP contribution in [0.4, 0.5) is 0 Å². The Hall–Kier alpha value is -3.91. The minimum atomic E-state index is -1.14. The Morgan fingerprint density at radius 2 is 1.91 bits per heavy atom. The summed E-state index contributed by atoms with van der Waals surface area (Å²) in [6.45, 7) is 3.02. The number of hydrogen-bond donors (Lipinski definition) is 3. The summed E-state index contributed by atoms with van der Waals surface area (Å²) in [4.78, 5) is 37.2. The number of carbonyl (C=O) groups excluding carboxylic acids is 1. The third-order valence-corrected chi connectivity index (χ3v) is 5.60. The molecule has 0 radical (unpaired) electrons. The molecule has 0 spiro atoms. The van der Waals surface area contributed by atoms with Crippen molar-refractivity contribution in [2.24, 2.45) is 0 Å². The number of hydrogen-bond acceptors (Lipinski definition) is 5. The summed E-state index contributed by atoms with van der Waals surface area (Å²) in [6, 6.07) is 11.9. The second-order valence-corrected chi connectivity index (χ2v) is 7.90. The Morgan fingerprint density at radius 1 is 1.19 bits per heavy atom. The van der Waals surface area contributed by atoms with Crippen LogP contribution in [0.5, 0.6) is 0 Å². The molecule has 2 atom stereocenters. The van der Waals surface area contributed by atoms with Crippen molar-refractivity contribution in [1.82, 2.24) is 4.98 Å². The normalized spacial score (nSPS) is 17.4. The van der Waals surface area contributed by atoms with Crippen LogP contribution >= 0.6 is 0 Å². The standard InChI is InChI=1S/C22H18N2O4.C2H4O2/c1-11-6-7-13-18(8-11)28-10-15(21(13)25)20-19-14(9-17(24-20)22(26)27)12-4-2-3-5-16(12)23-19;1-2(3)4/h2-8,10,17,20,23-24H,9H2,1H3,(H,26,27);1H3,(H,3,4). The maximum atomic E-state index is 13.2. The number of nitrogens with one attached hydrogen (secondary N) is 1. The number of nitrogens with two attached hydrogens (primary N) is 1. The molecule has 8 nitrogen and oxygen atoms in total. The fourth-order valence-electron chi connectivity index (χ4n) is 4.21. The number of quaternary nitrogens is 1. The van der Waals surface area contributed by atoms with Gasteiger partial charge in [-0.15, -0.1) is 0 Å². The minimum absolute atomic E-state index is 0.147. The van der Waals surface area contributed by atoms with Crippen LogP contribution in [0.2, 0.25) is 0 Å². The van der Waals surface area contributed by atoms with Gasteiger partial charge in [-0.3, -0.25) is 9.59 Å². The predicted molar refractivity (Wildman–Crippen MR) is 115 cm³/mol. The molecular formula is C24H22N2O6. The molecule has 32 heavy (non-hydrogen) atoms. The van der Waals surface area contributed by atoms with E-state index in [9.17, 15) is 14.7 Å². The lowest BCUT2D eigenvalue weighted by Crippen LogP contribution is -2.96. The summed E-state index contributed by atoms with van der Waals surface area (Å²) in [5.74, 6) is -1.97. The molecule has 0 saturated heterocycles. The molecule has 1 aliphatic heterocycles. The summed E-state index contributed by atoms with van der Waals surface area (Å²) in [5.41, 5.74) is 4.49. The van der Waals surface area contributed by atoms with Crippen LogP contribution in [-0.2, 0) is 16.0 Å². The van der Waals surface area contributed by atoms with E-state index < -0.39 is 24.0 Å². The largest absolute Gasteiger partial charge is 0.544 e. The fraction of sp³-hybridized carbons (Fsp3) is 0.208. The van der Waals surface area contributed by atoms with Crippen LogP contribution < -0.4 is 15.9 Å². The molecule has 2 unspecified atom stereocenters. The monoisotopic (exact) mass is 434 g/mol. The van der Waals surface area contributed by atoms with Gasteiger partial charge in [0.1, 0.15) is 17.9 Å². The number of carbonyl (C=O) groups is 2. The highest BCUT2D eigenvalue weighted by Gasteiger charge is 2.36. The molecule has 1 aliphatic rings. The van der Waals surface area contributed by atoms with Gasteiger partial charge in [0.15, 0.2) is 6.04 Å². The van der Waals surface area contributed by atoms with Gasteiger partial charge in [-0.2, -0.15) is 0 Å². The van der Waals surface area contributed by atoms with Gasteiger partial charge in [0, 0.05) is 24.2 Å². The number of aromatic nitrogens is 1. The van der Waals surface area contributed by atoms with Gasteiger partial charge in [-0.25, -0.2) is 0 Å². The number of aryl methyl sites for hydroxylation is 1. The molecule has 0 saturated carbocycles. The molecular weight excluding hydrogens is 412 g/mol. The van der Waals surface area contributed by atoms with Gasteiger partial charge in [-0.05, 0) is 36.2 Å². The Kier molecular flexibility index (Phi) is 5.54. The highest BCUT2D eigenvalue weighted by atomic mass is 16.4. The molecule has 0 aliphatic carbocycles. The van der Waals surface area contributed by atoms with E-state index in [2.05, 4.69) is 4.98 Å². The molecule has 8 heteroatoms. The van der Waals surface area contributed by atoms with E-state index >= 15 is 0 Å². The van der Waals surface area contributed by atoms with Gasteiger partial charge in [0.2, 0.25) is 5.43 Å². The van der Waals surface area contributed by atoms with Gasteiger partial charge in [0.05, 0.1) is 22.6 Å². The Balaban J connectivity index is 0.000000567. The lowest BCUT2D eigenvalue weighted by molar-refractivity contribution is -0.717. The Bertz CT molecular complexity index is 1400. The topological polar surface area (TPSA) is 140 Å². The van der Waals surface area contributed by atoms with Crippen molar-refractivity contribution in [3.63, 3.8) is 0 Å². The lowest BCUT2D eigenvalue weighted by atomic mass is 9.90. The summed E-state index contributed by atoms with van der Waals surface area (Å²) >= 11 is 0. The molecule has 4 aromatic rings. The van der Waals surface area contributed by atoms with Crippen molar-refractivity contribution >= 4 is 33.8 Å². The molecule has 0 amide bonds. The maximum Gasteiger partial charge on any atom is 0.300 e. The number of para-hydroxylation sites is 1. The molecule has 2 aromatic heterocycles. The van der Waals surface area contributed by atoms with E-state index in [1.807, 2.05) is 43.3 Å². The quantitative estimate of drug-likeness (QED) is 0.430. The highest BCUT2D eigenvalue weighted by Crippen LogP contribution is 2.31. The number of rotatable bonds is 2. The van der Waals surface area contributed by atoms with E-state index in [0.717, 1.165) is 34.6 Å². The van der Waals surface area contributed by atoms with E-state index in [4.69, 9.17) is 14.3 Å². The second-order valence-electron chi connectivity index (χ2n) is 7.90. The van der Waals surface area contributed by atoms with Crippen molar-refractivity contribution in [3.05, 3.63) is 81.3 Å². The number of carboxylic acids is 2. The Morgan fingerprint density at radius 3 is 2.62 bits per heavy atom. The summed E-state index contributed by atoms with van der Waals surface area (Å²) in [5, 5.41) is 22.2. The van der Waals surface area contributed by atoms with Gasteiger partial charge in [-0.1, -0.05) is 24.3 Å². The molecule has 5 rings (SSSR count). The molecule has 0 fully saturated rings. The summed E-state index contributed by atoms with van der Waals surface area (Å²) < 4.78 is 5.75. The predicted octanol–water partition coefficient (Wildman–Crippen LogP) is 1.00. The molecule has 164 valence electrons. The van der Waals surface area contributed by atoms with Crippen molar-refractivity contribution in [3.8, 4) is 0 Å². The van der Waals surface area contributed by atoms with Crippen molar-refractivity contribution in [2.75, 3.05) is 0 Å². The lowest BCUT2D eigenvalue weighted by Gasteiger charge is -2.28. The number of aliphatic carboxylic acids is 2. The van der Waals surface area contributed by atoms with Crippen LogP contribution in [0.15, 0.2) is 57.9 Å². The van der Waals surface area contributed by atoms with Crippen molar-refractivity contribution in [2.45, 2.75) is 32.4 Å². The molecule has 2 aromatic carbocycles. The fourth-order valence-corrected chi connectivity index (χ4v) is 4.21. The number of carboxylic acid groups (broad SMARTS) is 2. The first-order chi connectivity index (χ1) is 15.3. The van der Waals surface area contributed by atoms with Crippen molar-refractivity contribution in [1.29, 1.82) is 0 Å². The highest BCUT2D eigenvalue weighted by molar-refractivity contribution is 5.86. The molecule has 4 N–H and O–H groups in total. The smallest absolute Gasteiger partial charge is 0.300 e. The summed E-state index contributed by atoms with van der Waals surface area (Å²) in [6.07, 6.45) is 1.80. The minimum Gasteiger partial charge on any atom is -0.544 e. The second kappa shape index (κ2) is 8.32. The SMILES string of the molecule is CC(=O)O.Cc1ccc2c(=O)c(C3[NH2+]C(C(=O)[O-])Cc4c3[nH]c3ccccc43)coc2c1. The van der Waals surface area contributed by atoms with E-state index in [1.165, 1.54) is 6.26 Å². The van der Waals surface area contributed by atoms with Crippen LogP contribution in [0.1, 0.15) is 35.3 Å². The van der Waals surface area contributed by atoms with Gasteiger partial charge in [0.25, 0.3) is 5.97 Å². The van der Waals surface area contributed by atoms with Crippen molar-refractivity contribution < 1.29 is 29.5 Å². The van der Waals surface area contributed by atoms with Gasteiger partial charge >= 0.3 is 0 Å². The average Bonchev–Trinajstić information content (AvgIpc) is 3.12. The van der Waals surface area contributed by atoms with E-state index in [-0.39, 0.29) is 5.43 Å². The van der Waals surface area contributed by atoms with Crippen LogP contribution in [0.3, 0.4) is 0 Å². The van der Waals surface area contributed by atoms with Crippen LogP contribution in [0, 0.1) is 6.92 Å². The number of H-pyrrole nitrogens is 1. The van der Waals surface area contributed by atoms with Crippen LogP contribution in [-0.4, -0.2) is 28.1 Å². The van der Waals surface area contributed by atoms with E-state index in [1.54, 1.807) is 11.4 Å². The third-order valence-electron chi connectivity index (χ3n) is 5.60. The molecule has 0 bridgehead atoms. The number of fused-ring (bicyclic) bond motifs is 4. The third kappa shape index (κ3) is 3.88. The zero-order valence-corrected chi connectivity index (χ0v) is 17.5. The maximum absolute atomic E-state index is 13.2. The zero-order chi connectivity index (χ0) is 23.0. The first-order valence-electron chi connectivity index (χ1n) is 10.1. The number of aromatic amines is 1. The van der Waals surface area contributed by atoms with Crippen LogP contribution in [0.25, 0.3) is 21.9 Å². The molecule has 3 heterocycles. The Labute approximate surface area is 182 Å². The first-order valence-corrected chi connectivity index (χ1v) is 10.1. The first kappa shape index (κ1) is 21.3. The summed E-state index contributed by atoms with van der Waals surface area (Å²) in [7, 11) is 0. The van der Waals surface area contributed by atoms with E-state index in [0.29, 0.717) is 23.0 Å². The zero-order valence-electron chi connectivity index (χ0n) is 17.5.